The fraction of sp³-hybridized carbons (Fsp3) is 1.00. The van der Waals surface area contributed by atoms with Gasteiger partial charge < -0.3 is 10.2 Å². The van der Waals surface area contributed by atoms with Gasteiger partial charge in [-0.1, -0.05) is 20.8 Å². The molecule has 0 saturated carbocycles. The van der Waals surface area contributed by atoms with Gasteiger partial charge in [0, 0.05) is 12.6 Å². The third-order valence-corrected chi connectivity index (χ3v) is 4.72. The van der Waals surface area contributed by atoms with Crippen LogP contribution in [-0.4, -0.2) is 37.1 Å². The molecule has 2 saturated heterocycles. The van der Waals surface area contributed by atoms with Gasteiger partial charge in [-0.25, -0.2) is 0 Å². The Hall–Kier alpha value is -0.0800. The number of rotatable bonds is 3. The molecule has 2 heterocycles. The first-order chi connectivity index (χ1) is 7.66. The van der Waals surface area contributed by atoms with Gasteiger partial charge in [-0.15, -0.1) is 0 Å². The van der Waals surface area contributed by atoms with Crippen LogP contribution in [0.15, 0.2) is 0 Å². The minimum atomic E-state index is 0.760. The lowest BCUT2D eigenvalue weighted by atomic mass is 9.86. The molecule has 16 heavy (non-hydrogen) atoms. The van der Waals surface area contributed by atoms with Crippen molar-refractivity contribution in [1.82, 2.24) is 10.2 Å². The minimum Gasteiger partial charge on any atom is -0.312 e. The summed E-state index contributed by atoms with van der Waals surface area (Å²) >= 11 is 0. The normalized spacial score (nSPS) is 33.8. The SMILES string of the molecule is CC(C)C1CCN(CC2NCCC2C)CC1. The number of nitrogens with zero attached hydrogens (tertiary/aromatic N) is 1. The summed E-state index contributed by atoms with van der Waals surface area (Å²) in [4.78, 5) is 2.68. The Kier molecular flexibility index (Phi) is 4.26. The van der Waals surface area contributed by atoms with Gasteiger partial charge >= 0.3 is 0 Å². The second-order valence-corrected chi connectivity index (χ2v) is 6.21. The van der Waals surface area contributed by atoms with Gasteiger partial charge in [0.05, 0.1) is 0 Å². The van der Waals surface area contributed by atoms with Crippen molar-refractivity contribution in [2.45, 2.75) is 46.1 Å². The Balaban J connectivity index is 1.72. The number of likely N-dealkylation sites (tertiary alicyclic amines) is 1. The molecule has 0 aromatic rings. The predicted molar refractivity (Wildman–Crippen MR) is 69.6 cm³/mol. The molecule has 2 aliphatic heterocycles. The summed E-state index contributed by atoms with van der Waals surface area (Å²) in [5.74, 6) is 2.73. The summed E-state index contributed by atoms with van der Waals surface area (Å²) in [7, 11) is 0. The van der Waals surface area contributed by atoms with Crippen molar-refractivity contribution in [2.24, 2.45) is 17.8 Å². The fourth-order valence-electron chi connectivity index (χ4n) is 3.22. The number of nitrogens with one attached hydrogen (secondary N) is 1. The van der Waals surface area contributed by atoms with E-state index in [1.165, 1.54) is 45.4 Å². The van der Waals surface area contributed by atoms with Crippen molar-refractivity contribution in [3.63, 3.8) is 0 Å². The summed E-state index contributed by atoms with van der Waals surface area (Å²) in [5, 5.41) is 3.65. The molecular weight excluding hydrogens is 196 g/mol. The second kappa shape index (κ2) is 5.50. The maximum absolute atomic E-state index is 3.65. The lowest BCUT2D eigenvalue weighted by Crippen LogP contribution is -2.44. The van der Waals surface area contributed by atoms with E-state index >= 15 is 0 Å². The smallest absolute Gasteiger partial charge is 0.0221 e. The second-order valence-electron chi connectivity index (χ2n) is 6.21. The zero-order valence-electron chi connectivity index (χ0n) is 11.2. The Labute approximate surface area is 101 Å². The molecule has 0 bridgehead atoms. The summed E-state index contributed by atoms with van der Waals surface area (Å²) in [6.45, 7) is 12.3. The van der Waals surface area contributed by atoms with E-state index < -0.39 is 0 Å². The van der Waals surface area contributed by atoms with Crippen LogP contribution in [-0.2, 0) is 0 Å². The average molecular weight is 224 g/mol. The van der Waals surface area contributed by atoms with Gasteiger partial charge in [0.1, 0.15) is 0 Å². The van der Waals surface area contributed by atoms with Crippen LogP contribution in [0.25, 0.3) is 0 Å². The molecular formula is C14H28N2. The van der Waals surface area contributed by atoms with Gasteiger partial charge in [-0.05, 0) is 56.7 Å². The quantitative estimate of drug-likeness (QED) is 0.791. The Morgan fingerprint density at radius 2 is 1.88 bits per heavy atom. The van der Waals surface area contributed by atoms with Crippen LogP contribution < -0.4 is 5.32 Å². The van der Waals surface area contributed by atoms with Gasteiger partial charge in [0.15, 0.2) is 0 Å². The highest BCUT2D eigenvalue weighted by Gasteiger charge is 2.27. The van der Waals surface area contributed by atoms with E-state index in [1.807, 2.05) is 0 Å². The Morgan fingerprint density at radius 1 is 1.19 bits per heavy atom. The molecule has 0 aliphatic carbocycles. The number of hydrogen-bond donors (Lipinski definition) is 1. The van der Waals surface area contributed by atoms with Crippen LogP contribution in [0.1, 0.15) is 40.0 Å². The molecule has 94 valence electrons. The first kappa shape index (κ1) is 12.4. The molecule has 2 fully saturated rings. The topological polar surface area (TPSA) is 15.3 Å². The maximum Gasteiger partial charge on any atom is 0.0221 e. The molecule has 2 atom stereocenters. The minimum absolute atomic E-state index is 0.760. The van der Waals surface area contributed by atoms with E-state index in [4.69, 9.17) is 0 Å². The molecule has 2 heteroatoms. The Bertz CT molecular complexity index is 207. The summed E-state index contributed by atoms with van der Waals surface area (Å²) in [5.41, 5.74) is 0. The predicted octanol–water partition coefficient (Wildman–Crippen LogP) is 2.35. The molecule has 2 aliphatic rings. The zero-order valence-corrected chi connectivity index (χ0v) is 11.2. The molecule has 0 aromatic heterocycles. The van der Waals surface area contributed by atoms with E-state index in [9.17, 15) is 0 Å². The van der Waals surface area contributed by atoms with Crippen molar-refractivity contribution in [3.8, 4) is 0 Å². The average Bonchev–Trinajstić information content (AvgIpc) is 2.65. The Morgan fingerprint density at radius 3 is 2.38 bits per heavy atom. The zero-order chi connectivity index (χ0) is 11.5. The van der Waals surface area contributed by atoms with Crippen molar-refractivity contribution < 1.29 is 0 Å². The number of piperidine rings is 1. The van der Waals surface area contributed by atoms with E-state index in [-0.39, 0.29) is 0 Å². The van der Waals surface area contributed by atoms with Crippen LogP contribution in [0.2, 0.25) is 0 Å². The first-order valence-corrected chi connectivity index (χ1v) is 7.12. The lowest BCUT2D eigenvalue weighted by molar-refractivity contribution is 0.142. The van der Waals surface area contributed by atoms with Crippen molar-refractivity contribution in [3.05, 3.63) is 0 Å². The third kappa shape index (κ3) is 2.98. The van der Waals surface area contributed by atoms with Crippen molar-refractivity contribution >= 4 is 0 Å². The molecule has 1 N–H and O–H groups in total. The van der Waals surface area contributed by atoms with E-state index in [0.717, 1.165) is 23.8 Å². The molecule has 0 aromatic carbocycles. The van der Waals surface area contributed by atoms with Crippen LogP contribution in [0.5, 0.6) is 0 Å². The van der Waals surface area contributed by atoms with Gasteiger partial charge in [-0.2, -0.15) is 0 Å². The van der Waals surface area contributed by atoms with Crippen LogP contribution in [0.3, 0.4) is 0 Å². The lowest BCUT2D eigenvalue weighted by Gasteiger charge is -2.35. The number of hydrogen-bond acceptors (Lipinski definition) is 2. The van der Waals surface area contributed by atoms with Crippen LogP contribution >= 0.6 is 0 Å². The standard InChI is InChI=1S/C14H28N2/c1-11(2)13-5-8-16(9-6-13)10-14-12(3)4-7-15-14/h11-15H,4-10H2,1-3H3. The molecule has 2 rings (SSSR count). The summed E-state index contributed by atoms with van der Waals surface area (Å²) in [6, 6.07) is 0.760. The molecule has 2 unspecified atom stereocenters. The molecule has 0 radical (unpaired) electrons. The highest BCUT2D eigenvalue weighted by atomic mass is 15.2. The largest absolute Gasteiger partial charge is 0.312 e. The fourth-order valence-corrected chi connectivity index (χ4v) is 3.22. The van der Waals surface area contributed by atoms with Gasteiger partial charge in [0.25, 0.3) is 0 Å². The highest BCUT2D eigenvalue weighted by Crippen LogP contribution is 2.25. The highest BCUT2D eigenvalue weighted by molar-refractivity contribution is 4.85. The van der Waals surface area contributed by atoms with E-state index in [1.54, 1.807) is 0 Å². The van der Waals surface area contributed by atoms with Gasteiger partial charge in [-0.3, -0.25) is 0 Å². The van der Waals surface area contributed by atoms with Crippen LogP contribution in [0, 0.1) is 17.8 Å². The van der Waals surface area contributed by atoms with Crippen molar-refractivity contribution in [1.29, 1.82) is 0 Å². The van der Waals surface area contributed by atoms with Crippen LogP contribution in [0.4, 0.5) is 0 Å². The molecule has 2 nitrogen and oxygen atoms in total. The monoisotopic (exact) mass is 224 g/mol. The first-order valence-electron chi connectivity index (χ1n) is 7.12. The van der Waals surface area contributed by atoms with E-state index in [0.29, 0.717) is 0 Å². The molecule has 0 spiro atoms. The molecule has 0 amide bonds. The van der Waals surface area contributed by atoms with E-state index in [2.05, 4.69) is 31.0 Å². The summed E-state index contributed by atoms with van der Waals surface area (Å²) < 4.78 is 0. The summed E-state index contributed by atoms with van der Waals surface area (Å²) in [6.07, 6.45) is 4.20. The third-order valence-electron chi connectivity index (χ3n) is 4.72. The maximum atomic E-state index is 3.65. The van der Waals surface area contributed by atoms with Crippen molar-refractivity contribution in [2.75, 3.05) is 26.2 Å². The van der Waals surface area contributed by atoms with Gasteiger partial charge in [0.2, 0.25) is 0 Å².